The maximum Gasteiger partial charge on any atom is 1.00 e. The van der Waals surface area contributed by atoms with Gasteiger partial charge >= 0.3 is 35.5 Å². The van der Waals surface area contributed by atoms with Crippen molar-refractivity contribution in [2.24, 2.45) is 5.92 Å². The van der Waals surface area contributed by atoms with Crippen molar-refractivity contribution >= 4 is 5.97 Å². The first-order valence-corrected chi connectivity index (χ1v) is 3.04. The van der Waals surface area contributed by atoms with E-state index in [-0.39, 0.29) is 41.2 Å². The van der Waals surface area contributed by atoms with E-state index < -0.39 is 5.97 Å². The molecule has 2 nitrogen and oxygen atoms in total. The van der Waals surface area contributed by atoms with Crippen LogP contribution in [-0.2, 0) is 9.53 Å². The number of esters is 1. The molecular formula is C8H11NaO2. The summed E-state index contributed by atoms with van der Waals surface area (Å²) in [7, 11) is 0. The van der Waals surface area contributed by atoms with Gasteiger partial charge in [-0.05, 0) is 5.92 Å². The van der Waals surface area contributed by atoms with Crippen LogP contribution in [0.1, 0.15) is 13.8 Å². The molecule has 3 heteroatoms. The number of ether oxygens (including phenoxy) is 1. The predicted molar refractivity (Wildman–Crippen MR) is 38.9 cm³/mol. The second kappa shape index (κ2) is 6.65. The van der Waals surface area contributed by atoms with E-state index in [1.807, 2.05) is 13.8 Å². The first kappa shape index (κ1) is 13.5. The number of hydrogen-bond donors (Lipinski definition) is 0. The quantitative estimate of drug-likeness (QED) is 0.169. The van der Waals surface area contributed by atoms with Gasteiger partial charge in [-0.25, -0.2) is 4.79 Å². The van der Waals surface area contributed by atoms with Crippen LogP contribution in [0.2, 0.25) is 0 Å². The molecule has 0 atom stereocenters. The van der Waals surface area contributed by atoms with Gasteiger partial charge < -0.3 is 11.3 Å². The average Bonchev–Trinajstić information content (AvgIpc) is 1.87. The third kappa shape index (κ3) is 6.35. The van der Waals surface area contributed by atoms with Gasteiger partial charge in [0.15, 0.2) is 0 Å². The Hall–Kier alpha value is -0.0500. The molecule has 0 amide bonds. The number of hydrogen-bond acceptors (Lipinski definition) is 2. The monoisotopic (exact) mass is 162 g/mol. The summed E-state index contributed by atoms with van der Waals surface area (Å²) in [6.07, 6.45) is 1.08. The number of carbonyl (C=O) groups excluding carboxylic acids is 1. The summed E-state index contributed by atoms with van der Waals surface area (Å²) in [5, 5.41) is 0. The Morgan fingerprint density at radius 1 is 1.64 bits per heavy atom. The maximum absolute atomic E-state index is 10.5. The van der Waals surface area contributed by atoms with Gasteiger partial charge in [0.1, 0.15) is 0 Å². The topological polar surface area (TPSA) is 26.3 Å². The molecule has 0 aromatic carbocycles. The Kier molecular flexibility index (Phi) is 8.18. The molecule has 0 aliphatic carbocycles. The molecule has 11 heavy (non-hydrogen) atoms. The van der Waals surface area contributed by atoms with Gasteiger partial charge in [0.25, 0.3) is 0 Å². The minimum absolute atomic E-state index is 0. The van der Waals surface area contributed by atoms with Crippen molar-refractivity contribution in [3.8, 4) is 0 Å². The molecule has 0 fully saturated rings. The third-order valence-electron chi connectivity index (χ3n) is 0.954. The summed E-state index contributed by atoms with van der Waals surface area (Å²) in [4.78, 5) is 10.5. The van der Waals surface area contributed by atoms with Crippen molar-refractivity contribution in [1.29, 1.82) is 0 Å². The zero-order valence-corrected chi connectivity index (χ0v) is 9.26. The van der Waals surface area contributed by atoms with Crippen LogP contribution in [0.15, 0.2) is 18.4 Å². The summed E-state index contributed by atoms with van der Waals surface area (Å²) in [5.74, 6) is -0.222. The first-order chi connectivity index (χ1) is 4.57. The number of carbonyl (C=O) groups is 1. The minimum atomic E-state index is -0.508. The van der Waals surface area contributed by atoms with Gasteiger partial charge in [0.2, 0.25) is 0 Å². The zero-order valence-electron chi connectivity index (χ0n) is 7.26. The van der Waals surface area contributed by atoms with Gasteiger partial charge in [-0.3, -0.25) is 0 Å². The van der Waals surface area contributed by atoms with Crippen LogP contribution in [-0.4, -0.2) is 5.97 Å². The molecule has 0 aliphatic rings. The number of allylic oxidation sites excluding steroid dienone is 1. The summed E-state index contributed by atoms with van der Waals surface area (Å²) in [5.41, 5.74) is 0. The second-order valence-electron chi connectivity index (χ2n) is 2.18. The molecule has 0 saturated carbocycles. The van der Waals surface area contributed by atoms with Crippen molar-refractivity contribution < 1.29 is 39.1 Å². The van der Waals surface area contributed by atoms with E-state index in [1.165, 1.54) is 0 Å². The summed E-state index contributed by atoms with van der Waals surface area (Å²) >= 11 is 0. The average molecular weight is 162 g/mol. The van der Waals surface area contributed by atoms with Crippen molar-refractivity contribution in [3.63, 3.8) is 0 Å². The fourth-order valence-corrected chi connectivity index (χ4v) is 0.276. The van der Waals surface area contributed by atoms with Crippen LogP contribution in [0.3, 0.4) is 0 Å². The summed E-state index contributed by atoms with van der Waals surface area (Å²) < 4.78 is 4.60. The maximum atomic E-state index is 10.5. The molecule has 0 heterocycles. The Morgan fingerprint density at radius 3 is 2.36 bits per heavy atom. The van der Waals surface area contributed by atoms with Crippen LogP contribution in [0, 0.1) is 12.5 Å². The van der Waals surface area contributed by atoms with E-state index in [9.17, 15) is 4.79 Å². The standard InChI is InChI=1S/C8H11O2.Na/c1-5-8(9)10-7(4)6(2)3;/h4-6H,1H2,2-3H3;/q-1;+1. The fraction of sp³-hybridized carbons (Fsp3) is 0.375. The van der Waals surface area contributed by atoms with Gasteiger partial charge in [0, 0.05) is 6.08 Å². The summed E-state index contributed by atoms with van der Waals surface area (Å²) in [6.45, 7) is 12.2. The first-order valence-electron chi connectivity index (χ1n) is 3.04. The van der Waals surface area contributed by atoms with Crippen molar-refractivity contribution in [2.75, 3.05) is 0 Å². The van der Waals surface area contributed by atoms with Gasteiger partial charge in [-0.1, -0.05) is 26.2 Å². The van der Waals surface area contributed by atoms with Crippen LogP contribution >= 0.6 is 0 Å². The Labute approximate surface area is 89.6 Å². The van der Waals surface area contributed by atoms with Gasteiger partial charge in [-0.2, -0.15) is 0 Å². The molecule has 0 spiro atoms. The minimum Gasteiger partial charge on any atom is -0.472 e. The Balaban J connectivity index is 0. The molecule has 0 aromatic rings. The molecule has 56 valence electrons. The normalized spacial score (nSPS) is 8.27. The molecule has 0 N–H and O–H groups in total. The van der Waals surface area contributed by atoms with E-state index in [0.29, 0.717) is 0 Å². The van der Waals surface area contributed by atoms with Crippen LogP contribution in [0.25, 0.3) is 0 Å². The molecule has 0 radical (unpaired) electrons. The molecule has 0 unspecified atom stereocenters. The van der Waals surface area contributed by atoms with Crippen molar-refractivity contribution in [3.05, 3.63) is 25.0 Å². The molecule has 0 aromatic heterocycles. The van der Waals surface area contributed by atoms with Crippen molar-refractivity contribution in [2.45, 2.75) is 13.8 Å². The van der Waals surface area contributed by atoms with Gasteiger partial charge in [0.05, 0.1) is 0 Å². The molecule has 0 saturated heterocycles. The van der Waals surface area contributed by atoms with E-state index in [4.69, 9.17) is 6.58 Å². The van der Waals surface area contributed by atoms with E-state index in [0.717, 1.165) is 6.08 Å². The second-order valence-corrected chi connectivity index (χ2v) is 2.18. The van der Waals surface area contributed by atoms with Crippen LogP contribution < -0.4 is 29.6 Å². The Morgan fingerprint density at radius 2 is 2.09 bits per heavy atom. The SMILES string of the molecule is [CH-]=C(OC(=O)C=C)C(C)C.[Na+]. The smallest absolute Gasteiger partial charge is 0.472 e. The van der Waals surface area contributed by atoms with E-state index in [1.54, 1.807) is 0 Å². The zero-order chi connectivity index (χ0) is 8.15. The number of rotatable bonds is 3. The molecule has 0 rings (SSSR count). The largest absolute Gasteiger partial charge is 1.00 e. The third-order valence-corrected chi connectivity index (χ3v) is 0.954. The van der Waals surface area contributed by atoms with Gasteiger partial charge in [-0.15, -0.1) is 0 Å². The molecule has 0 bridgehead atoms. The van der Waals surface area contributed by atoms with Crippen molar-refractivity contribution in [1.82, 2.24) is 0 Å². The molecular weight excluding hydrogens is 151 g/mol. The van der Waals surface area contributed by atoms with Crippen LogP contribution in [0.4, 0.5) is 0 Å². The summed E-state index contributed by atoms with van der Waals surface area (Å²) in [6, 6.07) is 0. The van der Waals surface area contributed by atoms with E-state index >= 15 is 0 Å². The van der Waals surface area contributed by atoms with Crippen LogP contribution in [0.5, 0.6) is 0 Å². The predicted octanol–water partition coefficient (Wildman–Crippen LogP) is -1.31. The fourth-order valence-electron chi connectivity index (χ4n) is 0.276. The molecule has 0 aliphatic heterocycles. The Bertz CT molecular complexity index is 161. The van der Waals surface area contributed by atoms with E-state index in [2.05, 4.69) is 11.3 Å².